The van der Waals surface area contributed by atoms with Crippen LogP contribution in [0.25, 0.3) is 0 Å². The highest BCUT2D eigenvalue weighted by Crippen LogP contribution is 2.19. The quantitative estimate of drug-likeness (QED) is 0.834. The minimum absolute atomic E-state index is 0.115. The molecule has 0 spiro atoms. The van der Waals surface area contributed by atoms with Gasteiger partial charge in [0.15, 0.2) is 0 Å². The first-order valence-corrected chi connectivity index (χ1v) is 7.44. The number of halogens is 1. The number of aryl methyl sites for hydroxylation is 1. The Morgan fingerprint density at radius 3 is 2.65 bits per heavy atom. The normalized spacial score (nSPS) is 12.2. The lowest BCUT2D eigenvalue weighted by molar-refractivity contribution is 0.0941. The molecule has 0 fully saturated rings. The molecule has 0 saturated carbocycles. The summed E-state index contributed by atoms with van der Waals surface area (Å²) in [6.45, 7) is 2.24. The number of nitrogens with two attached hydrogens (primary N) is 1. The first kappa shape index (κ1) is 17.0. The average Bonchev–Trinajstić information content (AvgIpc) is 2.49. The lowest BCUT2D eigenvalue weighted by Crippen LogP contribution is -2.34. The van der Waals surface area contributed by atoms with Crippen LogP contribution in [0.1, 0.15) is 27.5 Å². The van der Waals surface area contributed by atoms with Gasteiger partial charge in [-0.1, -0.05) is 18.2 Å². The Balaban J connectivity index is 2.13. The summed E-state index contributed by atoms with van der Waals surface area (Å²) < 4.78 is 13.4. The van der Waals surface area contributed by atoms with Crippen LogP contribution >= 0.6 is 0 Å². The molecule has 4 nitrogen and oxygen atoms in total. The van der Waals surface area contributed by atoms with E-state index in [0.717, 1.165) is 11.1 Å². The Morgan fingerprint density at radius 2 is 2.00 bits per heavy atom. The fraction of sp³-hybridized carbons (Fsp3) is 0.278. The number of rotatable bonds is 5. The molecule has 0 aliphatic carbocycles. The van der Waals surface area contributed by atoms with E-state index in [4.69, 9.17) is 5.73 Å². The zero-order valence-corrected chi connectivity index (χ0v) is 13.6. The zero-order chi connectivity index (χ0) is 17.0. The van der Waals surface area contributed by atoms with E-state index in [1.54, 1.807) is 18.2 Å². The number of benzene rings is 2. The van der Waals surface area contributed by atoms with E-state index in [9.17, 15) is 9.18 Å². The molecule has 2 rings (SSSR count). The molecule has 1 amide bonds. The molecule has 0 saturated heterocycles. The summed E-state index contributed by atoms with van der Waals surface area (Å²) in [5, 5.41) is 2.91. The molecule has 0 aliphatic rings. The lowest BCUT2D eigenvalue weighted by Gasteiger charge is -2.25. The summed E-state index contributed by atoms with van der Waals surface area (Å²) in [5.74, 6) is -0.467. The van der Waals surface area contributed by atoms with Gasteiger partial charge in [0.05, 0.1) is 6.04 Å². The van der Waals surface area contributed by atoms with Crippen molar-refractivity contribution in [2.75, 3.05) is 26.4 Å². The Bertz CT molecular complexity index is 700. The molecule has 0 bridgehead atoms. The van der Waals surface area contributed by atoms with E-state index in [0.29, 0.717) is 17.8 Å². The third-order valence-corrected chi connectivity index (χ3v) is 3.82. The van der Waals surface area contributed by atoms with Crippen LogP contribution in [0.4, 0.5) is 10.1 Å². The molecule has 3 N–H and O–H groups in total. The maximum atomic E-state index is 13.4. The van der Waals surface area contributed by atoms with Crippen molar-refractivity contribution in [3.8, 4) is 0 Å². The standard InChI is InChI=1S/C18H22FN3O/c1-12-7-8-15(20)10-16(12)18(23)21-11-17(22(2)3)13-5-4-6-14(19)9-13/h4-10,17H,11,20H2,1-3H3,(H,21,23). The summed E-state index contributed by atoms with van der Waals surface area (Å²) >= 11 is 0. The summed E-state index contributed by atoms with van der Waals surface area (Å²) in [4.78, 5) is 14.3. The van der Waals surface area contributed by atoms with Crippen LogP contribution < -0.4 is 11.1 Å². The van der Waals surface area contributed by atoms with Gasteiger partial charge >= 0.3 is 0 Å². The number of carbonyl (C=O) groups is 1. The SMILES string of the molecule is Cc1ccc(N)cc1C(=O)NCC(c1cccc(F)c1)N(C)C. The van der Waals surface area contributed by atoms with Crippen LogP contribution in [0.15, 0.2) is 42.5 Å². The second kappa shape index (κ2) is 7.24. The number of hydrogen-bond acceptors (Lipinski definition) is 3. The predicted octanol–water partition coefficient (Wildman–Crippen LogP) is 2.75. The first-order valence-electron chi connectivity index (χ1n) is 7.44. The van der Waals surface area contributed by atoms with Crippen LogP contribution in [0, 0.1) is 12.7 Å². The van der Waals surface area contributed by atoms with Crippen LogP contribution in [0.5, 0.6) is 0 Å². The Morgan fingerprint density at radius 1 is 1.26 bits per heavy atom. The lowest BCUT2D eigenvalue weighted by atomic mass is 10.0. The van der Waals surface area contributed by atoms with Crippen molar-refractivity contribution in [3.63, 3.8) is 0 Å². The third kappa shape index (κ3) is 4.29. The number of anilines is 1. The van der Waals surface area contributed by atoms with Crippen molar-refractivity contribution < 1.29 is 9.18 Å². The smallest absolute Gasteiger partial charge is 0.251 e. The number of carbonyl (C=O) groups excluding carboxylic acids is 1. The maximum Gasteiger partial charge on any atom is 0.251 e. The van der Waals surface area contributed by atoms with Crippen LogP contribution in [0.3, 0.4) is 0 Å². The Kier molecular flexibility index (Phi) is 5.34. The van der Waals surface area contributed by atoms with Crippen molar-refractivity contribution >= 4 is 11.6 Å². The molecule has 122 valence electrons. The van der Waals surface area contributed by atoms with Gasteiger partial charge in [0, 0.05) is 17.8 Å². The minimum Gasteiger partial charge on any atom is -0.399 e. The van der Waals surface area contributed by atoms with Crippen LogP contribution in [-0.2, 0) is 0 Å². The van der Waals surface area contributed by atoms with E-state index in [-0.39, 0.29) is 17.8 Å². The van der Waals surface area contributed by atoms with E-state index < -0.39 is 0 Å². The topological polar surface area (TPSA) is 58.4 Å². The van der Waals surface area contributed by atoms with Gasteiger partial charge in [-0.15, -0.1) is 0 Å². The molecular formula is C18H22FN3O. The molecule has 0 aromatic heterocycles. The van der Waals surface area contributed by atoms with Gasteiger partial charge in [0.1, 0.15) is 5.82 Å². The molecule has 5 heteroatoms. The number of nitrogens with one attached hydrogen (secondary N) is 1. The zero-order valence-electron chi connectivity index (χ0n) is 13.6. The van der Waals surface area contributed by atoms with Crippen molar-refractivity contribution in [1.29, 1.82) is 0 Å². The number of nitrogen functional groups attached to an aromatic ring is 1. The number of amides is 1. The number of nitrogens with zero attached hydrogens (tertiary/aromatic N) is 1. The number of hydrogen-bond donors (Lipinski definition) is 2. The minimum atomic E-state index is -0.285. The van der Waals surface area contributed by atoms with E-state index in [1.165, 1.54) is 12.1 Å². The van der Waals surface area contributed by atoms with E-state index in [1.807, 2.05) is 38.1 Å². The Hall–Kier alpha value is -2.40. The van der Waals surface area contributed by atoms with Gasteiger partial charge in [0.25, 0.3) is 5.91 Å². The molecule has 23 heavy (non-hydrogen) atoms. The van der Waals surface area contributed by atoms with Crippen molar-refractivity contribution in [2.45, 2.75) is 13.0 Å². The van der Waals surface area contributed by atoms with Crippen LogP contribution in [0.2, 0.25) is 0 Å². The number of likely N-dealkylation sites (N-methyl/N-ethyl adjacent to an activating group) is 1. The molecule has 1 atom stereocenters. The summed E-state index contributed by atoms with van der Waals surface area (Å²) in [7, 11) is 3.79. The monoisotopic (exact) mass is 315 g/mol. The second-order valence-corrected chi connectivity index (χ2v) is 5.82. The highest BCUT2D eigenvalue weighted by atomic mass is 19.1. The summed E-state index contributed by atoms with van der Waals surface area (Å²) in [6.07, 6.45) is 0. The van der Waals surface area contributed by atoms with Crippen molar-refractivity contribution in [3.05, 3.63) is 65.0 Å². The molecule has 2 aromatic rings. The molecule has 2 aromatic carbocycles. The second-order valence-electron chi connectivity index (χ2n) is 5.82. The van der Waals surface area contributed by atoms with Gasteiger partial charge in [0.2, 0.25) is 0 Å². The molecule has 0 aliphatic heterocycles. The van der Waals surface area contributed by atoms with Crippen molar-refractivity contribution in [1.82, 2.24) is 10.2 Å². The predicted molar refractivity (Wildman–Crippen MR) is 90.8 cm³/mol. The van der Waals surface area contributed by atoms with E-state index in [2.05, 4.69) is 5.32 Å². The van der Waals surface area contributed by atoms with Gasteiger partial charge in [-0.3, -0.25) is 4.79 Å². The summed E-state index contributed by atoms with van der Waals surface area (Å²) in [6, 6.07) is 11.6. The highest BCUT2D eigenvalue weighted by molar-refractivity contribution is 5.96. The fourth-order valence-electron chi connectivity index (χ4n) is 2.48. The molecule has 0 heterocycles. The average molecular weight is 315 g/mol. The van der Waals surface area contributed by atoms with Crippen molar-refractivity contribution in [2.24, 2.45) is 0 Å². The Labute approximate surface area is 136 Å². The fourth-order valence-corrected chi connectivity index (χ4v) is 2.48. The molecule has 1 unspecified atom stereocenters. The van der Waals surface area contributed by atoms with Gasteiger partial charge in [-0.25, -0.2) is 4.39 Å². The third-order valence-electron chi connectivity index (χ3n) is 3.82. The molecular weight excluding hydrogens is 293 g/mol. The first-order chi connectivity index (χ1) is 10.9. The van der Waals surface area contributed by atoms with Gasteiger partial charge < -0.3 is 16.0 Å². The van der Waals surface area contributed by atoms with Gasteiger partial charge in [-0.05, 0) is 56.4 Å². The van der Waals surface area contributed by atoms with Gasteiger partial charge in [-0.2, -0.15) is 0 Å². The maximum absolute atomic E-state index is 13.4. The largest absolute Gasteiger partial charge is 0.399 e. The van der Waals surface area contributed by atoms with Crippen LogP contribution in [-0.4, -0.2) is 31.4 Å². The highest BCUT2D eigenvalue weighted by Gasteiger charge is 2.17. The van der Waals surface area contributed by atoms with E-state index >= 15 is 0 Å². The molecule has 0 radical (unpaired) electrons. The summed E-state index contributed by atoms with van der Waals surface area (Å²) in [5.41, 5.74) is 8.54.